The number of aromatic carboxylic acids is 2. The molecule has 0 bridgehead atoms. The number of aliphatic hydroxyl groups is 1. The van der Waals surface area contributed by atoms with Crippen molar-refractivity contribution in [3.8, 4) is 11.1 Å². The number of carbonyl (C=O) groups is 2. The molecule has 0 fully saturated rings. The van der Waals surface area contributed by atoms with Gasteiger partial charge in [0.1, 0.15) is 11.5 Å². The zero-order chi connectivity index (χ0) is 22.5. The molecule has 3 rings (SSSR count). The zero-order valence-electron chi connectivity index (χ0n) is 17.6. The van der Waals surface area contributed by atoms with Crippen molar-refractivity contribution in [1.82, 2.24) is 9.55 Å². The van der Waals surface area contributed by atoms with Gasteiger partial charge in [0, 0.05) is 13.0 Å². The number of imidazole rings is 1. The Labute approximate surface area is 180 Å². The molecule has 1 heterocycles. The molecule has 0 spiro atoms. The van der Waals surface area contributed by atoms with Crippen LogP contribution >= 0.6 is 0 Å². The lowest BCUT2D eigenvalue weighted by atomic mass is 9.98. The molecule has 0 amide bonds. The number of nitrogens with zero attached hydrogens (tertiary/aromatic N) is 2. The fourth-order valence-corrected chi connectivity index (χ4v) is 3.65. The summed E-state index contributed by atoms with van der Waals surface area (Å²) in [7, 11) is 0. The zero-order valence-corrected chi connectivity index (χ0v) is 17.6. The van der Waals surface area contributed by atoms with Crippen molar-refractivity contribution >= 4 is 11.9 Å². The summed E-state index contributed by atoms with van der Waals surface area (Å²) in [5, 5.41) is 29.5. The van der Waals surface area contributed by atoms with Gasteiger partial charge in [-0.2, -0.15) is 0 Å². The van der Waals surface area contributed by atoms with Crippen LogP contribution in [0.15, 0.2) is 48.5 Å². The van der Waals surface area contributed by atoms with Crippen LogP contribution in [0.5, 0.6) is 0 Å². The normalized spacial score (nSPS) is 12.0. The number of carboxylic acids is 2. The third-order valence-corrected chi connectivity index (χ3v) is 5.22. The first-order chi connectivity index (χ1) is 14.9. The molecule has 0 aliphatic rings. The van der Waals surface area contributed by atoms with Crippen LogP contribution in [0, 0.1) is 0 Å². The third-order valence-electron chi connectivity index (χ3n) is 5.22. The lowest BCUT2D eigenvalue weighted by molar-refractivity contribution is 0.0671. The molecule has 3 aromatic rings. The minimum absolute atomic E-state index is 0.0121. The maximum Gasteiger partial charge on any atom is 0.354 e. The number of aromatic nitrogens is 2. The van der Waals surface area contributed by atoms with Crippen molar-refractivity contribution in [2.75, 3.05) is 0 Å². The van der Waals surface area contributed by atoms with E-state index >= 15 is 0 Å². The fraction of sp³-hybridized carbons (Fsp3) is 0.292. The second-order valence-electron chi connectivity index (χ2n) is 7.37. The Balaban J connectivity index is 1.99. The molecular formula is C24H26N2O5. The quantitative estimate of drug-likeness (QED) is 0.471. The fourth-order valence-electron chi connectivity index (χ4n) is 3.65. The maximum atomic E-state index is 12.0. The largest absolute Gasteiger partial charge is 0.478 e. The molecule has 1 aromatic heterocycles. The van der Waals surface area contributed by atoms with Crippen LogP contribution < -0.4 is 0 Å². The van der Waals surface area contributed by atoms with Gasteiger partial charge in [-0.15, -0.1) is 0 Å². The summed E-state index contributed by atoms with van der Waals surface area (Å²) in [6.07, 6.45) is 0.835. The van der Waals surface area contributed by atoms with E-state index in [1.54, 1.807) is 35.8 Å². The molecule has 0 aliphatic heterocycles. The van der Waals surface area contributed by atoms with E-state index < -0.39 is 18.0 Å². The van der Waals surface area contributed by atoms with Gasteiger partial charge in [0.05, 0.1) is 11.7 Å². The van der Waals surface area contributed by atoms with Crippen molar-refractivity contribution in [2.24, 2.45) is 0 Å². The second-order valence-corrected chi connectivity index (χ2v) is 7.37. The molecule has 0 saturated heterocycles. The Kier molecular flexibility index (Phi) is 6.87. The first-order valence-corrected chi connectivity index (χ1v) is 10.3. The number of carboxylic acid groups (broad SMARTS) is 2. The highest BCUT2D eigenvalue weighted by molar-refractivity contribution is 5.96. The van der Waals surface area contributed by atoms with Crippen molar-refractivity contribution in [1.29, 1.82) is 0 Å². The second kappa shape index (κ2) is 9.57. The standard InChI is InChI=1S/C24H26N2O5/c1-3-7-20-25-21(19(27)4-2)22(24(30)31)26(20)14-15-10-12-16(13-11-15)17-8-5-6-9-18(17)23(28)29/h5-6,8-13,19,27H,3-4,7,14H2,1-2H3,(H,28,29)(H,30,31). The van der Waals surface area contributed by atoms with Crippen molar-refractivity contribution in [2.45, 2.75) is 45.8 Å². The Bertz CT molecular complexity index is 1090. The average molecular weight is 422 g/mol. The summed E-state index contributed by atoms with van der Waals surface area (Å²) >= 11 is 0. The molecule has 3 N–H and O–H groups in total. The highest BCUT2D eigenvalue weighted by Gasteiger charge is 2.26. The van der Waals surface area contributed by atoms with Gasteiger partial charge in [0.2, 0.25) is 0 Å². The minimum atomic E-state index is -1.12. The number of aliphatic hydroxyl groups excluding tert-OH is 1. The SMILES string of the molecule is CCCc1nc(C(O)CC)c(C(=O)O)n1Cc1ccc(-c2ccccc2C(=O)O)cc1. The summed E-state index contributed by atoms with van der Waals surface area (Å²) in [5.74, 6) is -1.48. The maximum absolute atomic E-state index is 12.0. The molecule has 2 aromatic carbocycles. The monoisotopic (exact) mass is 422 g/mol. The smallest absolute Gasteiger partial charge is 0.354 e. The molecule has 1 atom stereocenters. The van der Waals surface area contributed by atoms with E-state index in [4.69, 9.17) is 0 Å². The van der Waals surface area contributed by atoms with Crippen molar-refractivity contribution in [3.05, 3.63) is 76.9 Å². The predicted octanol–water partition coefficient (Wildman–Crippen LogP) is 4.39. The van der Waals surface area contributed by atoms with E-state index in [9.17, 15) is 24.9 Å². The van der Waals surface area contributed by atoms with Gasteiger partial charge in [-0.3, -0.25) is 0 Å². The van der Waals surface area contributed by atoms with Crippen LogP contribution in [0.25, 0.3) is 11.1 Å². The van der Waals surface area contributed by atoms with Gasteiger partial charge in [-0.1, -0.05) is 56.3 Å². The van der Waals surface area contributed by atoms with Gasteiger partial charge in [-0.25, -0.2) is 14.6 Å². The first kappa shape index (κ1) is 22.2. The summed E-state index contributed by atoms with van der Waals surface area (Å²) < 4.78 is 1.65. The first-order valence-electron chi connectivity index (χ1n) is 10.3. The Morgan fingerprint density at radius 1 is 1.00 bits per heavy atom. The van der Waals surface area contributed by atoms with Crippen LogP contribution in [0.4, 0.5) is 0 Å². The number of rotatable bonds is 9. The van der Waals surface area contributed by atoms with Gasteiger partial charge in [-0.05, 0) is 35.6 Å². The van der Waals surface area contributed by atoms with E-state index in [0.29, 0.717) is 30.8 Å². The van der Waals surface area contributed by atoms with E-state index in [1.807, 2.05) is 31.2 Å². The van der Waals surface area contributed by atoms with Crippen LogP contribution in [0.3, 0.4) is 0 Å². The number of hydrogen-bond acceptors (Lipinski definition) is 4. The summed E-state index contributed by atoms with van der Waals surface area (Å²) in [5.41, 5.74) is 2.67. The lowest BCUT2D eigenvalue weighted by Gasteiger charge is -2.12. The molecule has 1 unspecified atom stereocenters. The van der Waals surface area contributed by atoms with Crippen molar-refractivity contribution < 1.29 is 24.9 Å². The van der Waals surface area contributed by atoms with E-state index in [1.165, 1.54) is 0 Å². The van der Waals surface area contributed by atoms with Crippen LogP contribution in [-0.4, -0.2) is 36.8 Å². The van der Waals surface area contributed by atoms with Crippen LogP contribution in [-0.2, 0) is 13.0 Å². The number of aryl methyl sites for hydroxylation is 1. The average Bonchev–Trinajstić information content (AvgIpc) is 3.12. The van der Waals surface area contributed by atoms with Crippen LogP contribution in [0.2, 0.25) is 0 Å². The van der Waals surface area contributed by atoms with Crippen LogP contribution in [0.1, 0.15) is 70.7 Å². The van der Waals surface area contributed by atoms with Gasteiger partial charge < -0.3 is 19.9 Å². The Morgan fingerprint density at radius 2 is 1.68 bits per heavy atom. The molecule has 31 heavy (non-hydrogen) atoms. The molecule has 162 valence electrons. The van der Waals surface area contributed by atoms with Gasteiger partial charge in [0.15, 0.2) is 5.69 Å². The molecule has 7 heteroatoms. The van der Waals surface area contributed by atoms with Crippen molar-refractivity contribution in [3.63, 3.8) is 0 Å². The van der Waals surface area contributed by atoms with E-state index in [-0.39, 0.29) is 17.0 Å². The van der Waals surface area contributed by atoms with Gasteiger partial charge in [0.25, 0.3) is 0 Å². The Hall–Kier alpha value is -3.45. The highest BCUT2D eigenvalue weighted by atomic mass is 16.4. The summed E-state index contributed by atoms with van der Waals surface area (Å²) in [4.78, 5) is 27.9. The molecule has 0 aliphatic carbocycles. The summed E-state index contributed by atoms with van der Waals surface area (Å²) in [6, 6.07) is 14.2. The Morgan fingerprint density at radius 3 is 2.26 bits per heavy atom. The molecule has 0 saturated carbocycles. The summed E-state index contributed by atoms with van der Waals surface area (Å²) in [6.45, 7) is 4.06. The lowest BCUT2D eigenvalue weighted by Crippen LogP contribution is -2.14. The number of hydrogen-bond donors (Lipinski definition) is 3. The number of benzene rings is 2. The highest BCUT2D eigenvalue weighted by Crippen LogP contribution is 2.26. The molecule has 7 nitrogen and oxygen atoms in total. The topological polar surface area (TPSA) is 113 Å². The molecule has 0 radical (unpaired) electrons. The predicted molar refractivity (Wildman–Crippen MR) is 116 cm³/mol. The minimum Gasteiger partial charge on any atom is -0.478 e. The third kappa shape index (κ3) is 4.67. The molecular weight excluding hydrogens is 396 g/mol. The van der Waals surface area contributed by atoms with Gasteiger partial charge >= 0.3 is 11.9 Å². The van der Waals surface area contributed by atoms with E-state index in [0.717, 1.165) is 17.5 Å². The van der Waals surface area contributed by atoms with E-state index in [2.05, 4.69) is 4.98 Å².